The third kappa shape index (κ3) is 7.89. The van der Waals surface area contributed by atoms with Crippen molar-refractivity contribution in [1.29, 1.82) is 0 Å². The van der Waals surface area contributed by atoms with E-state index in [2.05, 4.69) is 18.9 Å². The highest BCUT2D eigenvalue weighted by atomic mass is 19.4. The topological polar surface area (TPSA) is 227 Å². The average molecular weight is 494 g/mol. The molecule has 0 fully saturated rings. The third-order valence-electron chi connectivity index (χ3n) is 3.14. The first-order valence-corrected chi connectivity index (χ1v) is 7.08. The fourth-order valence-corrected chi connectivity index (χ4v) is 1.42. The van der Waals surface area contributed by atoms with Crippen LogP contribution < -0.4 is 0 Å². The molecule has 0 atom stereocenters. The highest BCUT2D eigenvalue weighted by Gasteiger charge is 2.62. The number of carbonyl (C=O) groups excluding carboxylic acids is 1. The summed E-state index contributed by atoms with van der Waals surface area (Å²) in [5.41, 5.74) is -7.95. The quantitative estimate of drug-likeness (QED) is 0.120. The standard InChI is InChI=1S/C9H8F6N4O13/c10-8(11,12)31-3-6(16(21)22,17(23)24)1-29-5(20)30-2-7(18(25)26,19(27)28)4-32-9(13,14)15/h1-4H2. The van der Waals surface area contributed by atoms with Gasteiger partial charge in [0.1, 0.15) is 19.7 Å². The first kappa shape index (κ1) is 28.4. The summed E-state index contributed by atoms with van der Waals surface area (Å²) in [4.78, 5) is 46.9. The summed E-state index contributed by atoms with van der Waals surface area (Å²) in [6, 6.07) is 0. The van der Waals surface area contributed by atoms with Crippen molar-refractivity contribution >= 4 is 6.16 Å². The Labute approximate surface area is 168 Å². The van der Waals surface area contributed by atoms with Gasteiger partial charge in [0.2, 0.25) is 26.4 Å². The smallest absolute Gasteiger partial charge is 0.418 e. The SMILES string of the molecule is O=C(OCC(COC(F)(F)F)([N+](=O)[O-])[N+](=O)[O-])OCC(COC(F)(F)F)([N+](=O)[O-])[N+](=O)[O-]. The van der Waals surface area contributed by atoms with Gasteiger partial charge in [-0.25, -0.2) is 4.79 Å². The molecule has 0 heterocycles. The first-order chi connectivity index (χ1) is 14.3. The van der Waals surface area contributed by atoms with Gasteiger partial charge in [-0.05, 0) is 0 Å². The lowest BCUT2D eigenvalue weighted by Gasteiger charge is -2.19. The number of ether oxygens (including phenoxy) is 4. The number of rotatable bonds is 12. The Morgan fingerprint density at radius 1 is 0.594 bits per heavy atom. The van der Waals surface area contributed by atoms with Crippen molar-refractivity contribution in [1.82, 2.24) is 0 Å². The summed E-state index contributed by atoms with van der Waals surface area (Å²) < 4.78 is 85.9. The second-order valence-electron chi connectivity index (χ2n) is 5.29. The number of nitrogens with zero attached hydrogens (tertiary/aromatic N) is 4. The number of nitro groups is 4. The van der Waals surface area contributed by atoms with Crippen LogP contribution in [-0.2, 0) is 18.9 Å². The predicted octanol–water partition coefficient (Wildman–Crippen LogP) is 0.712. The minimum atomic E-state index is -5.60. The number of carbonyl (C=O) groups is 1. The van der Waals surface area contributed by atoms with Crippen LogP contribution in [0.25, 0.3) is 0 Å². The summed E-state index contributed by atoms with van der Waals surface area (Å²) in [6.07, 6.45) is -13.6. The lowest BCUT2D eigenvalue weighted by Crippen LogP contribution is -2.56. The van der Waals surface area contributed by atoms with Crippen LogP contribution in [0.1, 0.15) is 0 Å². The number of hydrogen-bond donors (Lipinski definition) is 0. The van der Waals surface area contributed by atoms with E-state index in [-0.39, 0.29) is 0 Å². The normalized spacial score (nSPS) is 12.7. The molecule has 0 aromatic carbocycles. The van der Waals surface area contributed by atoms with Crippen LogP contribution in [0.3, 0.4) is 0 Å². The lowest BCUT2D eigenvalue weighted by molar-refractivity contribution is -0.803. The molecule has 0 aromatic heterocycles. The van der Waals surface area contributed by atoms with Gasteiger partial charge in [0, 0.05) is 0 Å². The summed E-state index contributed by atoms with van der Waals surface area (Å²) in [5.74, 6) is 0. The van der Waals surface area contributed by atoms with E-state index in [1.165, 1.54) is 0 Å². The maximum absolute atomic E-state index is 12.1. The molecule has 0 saturated carbocycles. The third-order valence-corrected chi connectivity index (χ3v) is 3.14. The van der Waals surface area contributed by atoms with E-state index in [9.17, 15) is 71.6 Å². The number of alkyl halides is 6. The average Bonchev–Trinajstić information content (AvgIpc) is 2.59. The highest BCUT2D eigenvalue weighted by molar-refractivity contribution is 5.59. The van der Waals surface area contributed by atoms with Gasteiger partial charge >= 0.3 is 30.2 Å². The molecule has 0 aliphatic rings. The fraction of sp³-hybridized carbons (Fsp3) is 0.889. The van der Waals surface area contributed by atoms with Gasteiger partial charge in [0.15, 0.2) is 0 Å². The minimum absolute atomic E-state index is 1.96. The molecule has 0 bridgehead atoms. The van der Waals surface area contributed by atoms with E-state index >= 15 is 0 Å². The van der Waals surface area contributed by atoms with Crippen LogP contribution in [0.2, 0.25) is 0 Å². The van der Waals surface area contributed by atoms with Crippen LogP contribution in [0.5, 0.6) is 0 Å². The molecule has 0 N–H and O–H groups in total. The summed E-state index contributed by atoms with van der Waals surface area (Å²) in [7, 11) is 0. The molecule has 0 radical (unpaired) electrons. The van der Waals surface area contributed by atoms with E-state index in [4.69, 9.17) is 0 Å². The lowest BCUT2D eigenvalue weighted by atomic mass is 10.2. The van der Waals surface area contributed by atoms with Crippen LogP contribution >= 0.6 is 0 Å². The highest BCUT2D eigenvalue weighted by Crippen LogP contribution is 2.23. The van der Waals surface area contributed by atoms with Gasteiger partial charge in [0.05, 0.1) is 0 Å². The largest absolute Gasteiger partial charge is 0.523 e. The van der Waals surface area contributed by atoms with Gasteiger partial charge in [-0.3, -0.25) is 49.9 Å². The fourth-order valence-electron chi connectivity index (χ4n) is 1.42. The van der Waals surface area contributed by atoms with Crippen molar-refractivity contribution < 1.29 is 69.8 Å². The Kier molecular flexibility index (Phi) is 8.97. The van der Waals surface area contributed by atoms with Crippen molar-refractivity contribution in [2.24, 2.45) is 0 Å². The van der Waals surface area contributed by atoms with Gasteiger partial charge in [-0.15, -0.1) is 26.3 Å². The van der Waals surface area contributed by atoms with Gasteiger partial charge in [-0.2, -0.15) is 0 Å². The summed E-state index contributed by atoms with van der Waals surface area (Å²) >= 11 is 0. The van der Waals surface area contributed by atoms with E-state index in [0.717, 1.165) is 0 Å². The molecule has 0 spiro atoms. The zero-order valence-corrected chi connectivity index (χ0v) is 14.7. The maximum Gasteiger partial charge on any atom is 0.523 e. The van der Waals surface area contributed by atoms with Gasteiger partial charge in [0.25, 0.3) is 0 Å². The molecule has 184 valence electrons. The monoisotopic (exact) mass is 494 g/mol. The van der Waals surface area contributed by atoms with Gasteiger partial charge in [-0.1, -0.05) is 0 Å². The Hall–Kier alpha value is -3.63. The summed E-state index contributed by atoms with van der Waals surface area (Å²) in [6.45, 7) is -8.97. The van der Waals surface area contributed by atoms with Gasteiger partial charge < -0.3 is 9.47 Å². The minimum Gasteiger partial charge on any atom is -0.418 e. The second-order valence-corrected chi connectivity index (χ2v) is 5.29. The van der Waals surface area contributed by atoms with E-state index in [0.29, 0.717) is 0 Å². The van der Waals surface area contributed by atoms with E-state index < -0.39 is 76.3 Å². The van der Waals surface area contributed by atoms with Crippen molar-refractivity contribution in [3.8, 4) is 0 Å². The first-order valence-electron chi connectivity index (χ1n) is 7.08. The molecule has 0 saturated heterocycles. The van der Waals surface area contributed by atoms with Crippen molar-refractivity contribution in [2.75, 3.05) is 26.4 Å². The molecular weight excluding hydrogens is 486 g/mol. The zero-order valence-electron chi connectivity index (χ0n) is 14.7. The molecule has 0 unspecified atom stereocenters. The van der Waals surface area contributed by atoms with Crippen molar-refractivity contribution in [2.45, 2.75) is 24.1 Å². The molecule has 17 nitrogen and oxygen atoms in total. The summed E-state index contributed by atoms with van der Waals surface area (Å²) in [5, 5.41) is 43.4. The molecule has 0 aliphatic heterocycles. The molecular formula is C9H8F6N4O13. The van der Waals surface area contributed by atoms with Crippen molar-refractivity contribution in [3.05, 3.63) is 40.5 Å². The molecule has 0 amide bonds. The Morgan fingerprint density at radius 3 is 1.03 bits per heavy atom. The van der Waals surface area contributed by atoms with E-state index in [1.54, 1.807) is 0 Å². The zero-order chi connectivity index (χ0) is 25.5. The second kappa shape index (κ2) is 10.1. The van der Waals surface area contributed by atoms with Crippen LogP contribution in [-0.4, -0.2) is 76.3 Å². The number of hydrogen-bond acceptors (Lipinski definition) is 13. The Bertz CT molecular complexity index is 667. The molecule has 0 aliphatic carbocycles. The Morgan fingerprint density at radius 2 is 0.844 bits per heavy atom. The molecule has 0 rings (SSSR count). The van der Waals surface area contributed by atoms with Crippen LogP contribution in [0, 0.1) is 40.5 Å². The predicted molar refractivity (Wildman–Crippen MR) is 74.8 cm³/mol. The van der Waals surface area contributed by atoms with Crippen LogP contribution in [0.15, 0.2) is 0 Å². The van der Waals surface area contributed by atoms with E-state index in [1.807, 2.05) is 0 Å². The molecule has 23 heteroatoms. The molecule has 0 aromatic rings. The number of halogens is 6. The molecule has 32 heavy (non-hydrogen) atoms. The maximum atomic E-state index is 12.1. The Balaban J connectivity index is 5.44. The van der Waals surface area contributed by atoms with Crippen LogP contribution in [0.4, 0.5) is 31.1 Å². The van der Waals surface area contributed by atoms with Crippen molar-refractivity contribution in [3.63, 3.8) is 0 Å².